The van der Waals surface area contributed by atoms with E-state index in [4.69, 9.17) is 0 Å². The van der Waals surface area contributed by atoms with Crippen LogP contribution in [-0.4, -0.2) is 29.8 Å². The highest BCUT2D eigenvalue weighted by Gasteiger charge is 2.14. The van der Waals surface area contributed by atoms with E-state index in [0.717, 1.165) is 40.2 Å². The first kappa shape index (κ1) is 20.4. The molecule has 3 aromatic rings. The minimum absolute atomic E-state index is 0.209. The fourth-order valence-corrected chi connectivity index (χ4v) is 4.41. The molecule has 1 saturated heterocycles. The standard InChI is InChI=1S/C24H25BrN4O/c1-17-15-20(18(2)29(17)23-8-4-3-7-22(23)25)16-26-27-24(30)19-9-11-21(12-10-19)28-13-5-6-14-28/h3-4,7-12,15-16H,5-6,13-14H2,1-2H3,(H,27,30)/b26-16-. The largest absolute Gasteiger partial charge is 0.372 e. The molecular weight excluding hydrogens is 440 g/mol. The zero-order chi connectivity index (χ0) is 21.1. The van der Waals surface area contributed by atoms with Gasteiger partial charge in [-0.1, -0.05) is 12.1 Å². The Balaban J connectivity index is 1.45. The first-order valence-electron chi connectivity index (χ1n) is 10.2. The van der Waals surface area contributed by atoms with Gasteiger partial charge < -0.3 is 9.47 Å². The molecule has 1 N–H and O–H groups in total. The molecule has 1 aliphatic rings. The van der Waals surface area contributed by atoms with Crippen molar-refractivity contribution in [2.75, 3.05) is 18.0 Å². The number of aryl methyl sites for hydroxylation is 1. The molecule has 0 unspecified atom stereocenters. The van der Waals surface area contributed by atoms with Crippen LogP contribution in [0.3, 0.4) is 0 Å². The molecule has 1 amide bonds. The van der Waals surface area contributed by atoms with Crippen LogP contribution in [0, 0.1) is 13.8 Å². The molecule has 2 heterocycles. The zero-order valence-electron chi connectivity index (χ0n) is 17.2. The van der Waals surface area contributed by atoms with Crippen molar-refractivity contribution in [1.82, 2.24) is 9.99 Å². The number of halogens is 1. The predicted octanol–water partition coefficient (Wildman–Crippen LogP) is 5.22. The first-order valence-corrected chi connectivity index (χ1v) is 11.0. The van der Waals surface area contributed by atoms with Gasteiger partial charge in [0.25, 0.3) is 5.91 Å². The summed E-state index contributed by atoms with van der Waals surface area (Å²) in [4.78, 5) is 14.8. The molecule has 0 bridgehead atoms. The van der Waals surface area contributed by atoms with E-state index < -0.39 is 0 Å². The van der Waals surface area contributed by atoms with Gasteiger partial charge in [-0.25, -0.2) is 5.43 Å². The Bertz CT molecular complexity index is 1080. The third kappa shape index (κ3) is 4.19. The Labute approximate surface area is 185 Å². The van der Waals surface area contributed by atoms with Gasteiger partial charge in [0.05, 0.1) is 11.9 Å². The highest BCUT2D eigenvalue weighted by atomic mass is 79.9. The maximum atomic E-state index is 12.4. The van der Waals surface area contributed by atoms with Gasteiger partial charge >= 0.3 is 0 Å². The van der Waals surface area contributed by atoms with E-state index in [1.807, 2.05) is 49.4 Å². The average Bonchev–Trinajstić information content (AvgIpc) is 3.38. The molecule has 6 heteroatoms. The fraction of sp³-hybridized carbons (Fsp3) is 0.250. The zero-order valence-corrected chi connectivity index (χ0v) is 18.8. The summed E-state index contributed by atoms with van der Waals surface area (Å²) in [7, 11) is 0. The van der Waals surface area contributed by atoms with Gasteiger partial charge in [-0.2, -0.15) is 5.10 Å². The van der Waals surface area contributed by atoms with E-state index in [2.05, 4.69) is 55.0 Å². The topological polar surface area (TPSA) is 49.6 Å². The number of anilines is 1. The third-order valence-electron chi connectivity index (χ3n) is 5.53. The molecule has 0 aliphatic carbocycles. The molecule has 1 aromatic heterocycles. The van der Waals surface area contributed by atoms with Crippen LogP contribution in [0.4, 0.5) is 5.69 Å². The maximum absolute atomic E-state index is 12.4. The van der Waals surface area contributed by atoms with Crippen molar-refractivity contribution in [2.24, 2.45) is 5.10 Å². The van der Waals surface area contributed by atoms with E-state index >= 15 is 0 Å². The lowest BCUT2D eigenvalue weighted by molar-refractivity contribution is 0.0955. The summed E-state index contributed by atoms with van der Waals surface area (Å²) < 4.78 is 3.20. The number of hydrogen-bond acceptors (Lipinski definition) is 3. The molecule has 2 aromatic carbocycles. The molecule has 0 radical (unpaired) electrons. The number of hydrazone groups is 1. The second-order valence-electron chi connectivity index (χ2n) is 7.55. The maximum Gasteiger partial charge on any atom is 0.271 e. The Morgan fingerprint density at radius 1 is 1.07 bits per heavy atom. The monoisotopic (exact) mass is 464 g/mol. The number of nitrogens with one attached hydrogen (secondary N) is 1. The SMILES string of the molecule is Cc1cc(/C=N\NC(=O)c2ccc(N3CCCC3)cc2)c(C)n1-c1ccccc1Br. The highest BCUT2D eigenvalue weighted by molar-refractivity contribution is 9.10. The van der Waals surface area contributed by atoms with Crippen LogP contribution < -0.4 is 10.3 Å². The van der Waals surface area contributed by atoms with Gasteiger partial charge in [-0.05, 0) is 85.1 Å². The Kier molecular flexibility index (Phi) is 6.04. The number of amides is 1. The molecule has 154 valence electrons. The van der Waals surface area contributed by atoms with E-state index in [1.165, 1.54) is 18.5 Å². The molecule has 4 rings (SSSR count). The quantitative estimate of drug-likeness (QED) is 0.415. The number of hydrogen-bond donors (Lipinski definition) is 1. The number of carbonyl (C=O) groups excluding carboxylic acids is 1. The minimum atomic E-state index is -0.209. The van der Waals surface area contributed by atoms with Crippen LogP contribution in [0.2, 0.25) is 0 Å². The molecule has 1 aliphatic heterocycles. The summed E-state index contributed by atoms with van der Waals surface area (Å²) in [6, 6.07) is 17.9. The Morgan fingerprint density at radius 2 is 1.77 bits per heavy atom. The van der Waals surface area contributed by atoms with Crippen LogP contribution in [0.5, 0.6) is 0 Å². The summed E-state index contributed by atoms with van der Waals surface area (Å²) in [5.74, 6) is -0.209. The molecule has 0 spiro atoms. The number of para-hydroxylation sites is 1. The second kappa shape index (κ2) is 8.88. The van der Waals surface area contributed by atoms with Crippen molar-refractivity contribution < 1.29 is 4.79 Å². The van der Waals surface area contributed by atoms with E-state index in [0.29, 0.717) is 5.56 Å². The summed E-state index contributed by atoms with van der Waals surface area (Å²) in [6.07, 6.45) is 4.17. The van der Waals surface area contributed by atoms with E-state index in [9.17, 15) is 4.79 Å². The fourth-order valence-electron chi connectivity index (χ4n) is 3.95. The molecule has 0 saturated carbocycles. The second-order valence-corrected chi connectivity index (χ2v) is 8.41. The number of rotatable bonds is 5. The van der Waals surface area contributed by atoms with Crippen LogP contribution in [-0.2, 0) is 0 Å². The predicted molar refractivity (Wildman–Crippen MR) is 126 cm³/mol. The summed E-state index contributed by atoms with van der Waals surface area (Å²) in [5, 5.41) is 4.19. The first-order chi connectivity index (χ1) is 14.5. The van der Waals surface area contributed by atoms with Gasteiger partial charge in [-0.15, -0.1) is 0 Å². The van der Waals surface area contributed by atoms with Crippen molar-refractivity contribution in [3.8, 4) is 5.69 Å². The highest BCUT2D eigenvalue weighted by Crippen LogP contribution is 2.26. The third-order valence-corrected chi connectivity index (χ3v) is 6.20. The Morgan fingerprint density at radius 3 is 2.47 bits per heavy atom. The molecule has 30 heavy (non-hydrogen) atoms. The van der Waals surface area contributed by atoms with Gasteiger partial charge in [0.1, 0.15) is 0 Å². The van der Waals surface area contributed by atoms with Crippen molar-refractivity contribution >= 4 is 33.7 Å². The van der Waals surface area contributed by atoms with Crippen molar-refractivity contribution in [1.29, 1.82) is 0 Å². The lowest BCUT2D eigenvalue weighted by Gasteiger charge is -2.17. The van der Waals surface area contributed by atoms with Crippen molar-refractivity contribution in [3.63, 3.8) is 0 Å². The lowest BCUT2D eigenvalue weighted by atomic mass is 10.2. The normalized spacial score (nSPS) is 13.9. The average molecular weight is 465 g/mol. The smallest absolute Gasteiger partial charge is 0.271 e. The Hall–Kier alpha value is -2.86. The molecule has 1 fully saturated rings. The molecule has 5 nitrogen and oxygen atoms in total. The lowest BCUT2D eigenvalue weighted by Crippen LogP contribution is -2.19. The van der Waals surface area contributed by atoms with E-state index in [-0.39, 0.29) is 5.91 Å². The summed E-state index contributed by atoms with van der Waals surface area (Å²) in [6.45, 7) is 6.29. The van der Waals surface area contributed by atoms with E-state index in [1.54, 1.807) is 6.21 Å². The van der Waals surface area contributed by atoms with Gasteiger partial charge in [0, 0.05) is 45.8 Å². The summed E-state index contributed by atoms with van der Waals surface area (Å²) in [5.41, 5.74) is 8.63. The number of aromatic nitrogens is 1. The van der Waals surface area contributed by atoms with Crippen molar-refractivity contribution in [2.45, 2.75) is 26.7 Å². The molecule has 0 atom stereocenters. The molecular formula is C24H25BrN4O. The number of carbonyl (C=O) groups is 1. The number of benzene rings is 2. The van der Waals surface area contributed by atoms with Crippen LogP contribution in [0.25, 0.3) is 5.69 Å². The van der Waals surface area contributed by atoms with Gasteiger partial charge in [0.15, 0.2) is 0 Å². The van der Waals surface area contributed by atoms with Gasteiger partial charge in [0.2, 0.25) is 0 Å². The summed E-state index contributed by atoms with van der Waals surface area (Å²) >= 11 is 3.62. The number of nitrogens with zero attached hydrogens (tertiary/aromatic N) is 3. The van der Waals surface area contributed by atoms with Crippen LogP contribution in [0.1, 0.15) is 40.2 Å². The van der Waals surface area contributed by atoms with Crippen LogP contribution >= 0.6 is 15.9 Å². The van der Waals surface area contributed by atoms with Crippen molar-refractivity contribution in [3.05, 3.63) is 81.6 Å². The van der Waals surface area contributed by atoms with Gasteiger partial charge in [-0.3, -0.25) is 4.79 Å². The van der Waals surface area contributed by atoms with Crippen LogP contribution in [0.15, 0.2) is 64.2 Å². The minimum Gasteiger partial charge on any atom is -0.372 e.